The van der Waals surface area contributed by atoms with Crippen molar-refractivity contribution in [2.24, 2.45) is 5.41 Å². The van der Waals surface area contributed by atoms with Crippen LogP contribution < -0.4 is 10.6 Å². The van der Waals surface area contributed by atoms with E-state index in [9.17, 15) is 18.0 Å². The van der Waals surface area contributed by atoms with Crippen molar-refractivity contribution in [2.45, 2.75) is 56.1 Å². The summed E-state index contributed by atoms with van der Waals surface area (Å²) in [5.74, 6) is -0.673. The summed E-state index contributed by atoms with van der Waals surface area (Å²) in [7, 11) is -3.85. The van der Waals surface area contributed by atoms with E-state index in [-0.39, 0.29) is 23.6 Å². The van der Waals surface area contributed by atoms with Crippen molar-refractivity contribution >= 4 is 33.0 Å². The molecule has 2 N–H and O–H groups in total. The van der Waals surface area contributed by atoms with Gasteiger partial charge in [0.2, 0.25) is 11.8 Å². The molecule has 2 aromatic carbocycles. The third kappa shape index (κ3) is 4.26. The molecule has 0 bridgehead atoms. The lowest BCUT2D eigenvalue weighted by Crippen LogP contribution is -2.47. The van der Waals surface area contributed by atoms with E-state index in [0.717, 1.165) is 0 Å². The molecule has 1 saturated carbocycles. The summed E-state index contributed by atoms with van der Waals surface area (Å²) in [4.78, 5) is 25.7. The average molecular weight is 429 g/mol. The van der Waals surface area contributed by atoms with Crippen LogP contribution in [0.4, 0.5) is 11.4 Å². The highest BCUT2D eigenvalue weighted by molar-refractivity contribution is 7.93. The number of carbonyl (C=O) groups excluding carboxylic acids is 2. The Morgan fingerprint density at radius 2 is 1.43 bits per heavy atom. The van der Waals surface area contributed by atoms with Crippen LogP contribution in [0.2, 0.25) is 0 Å². The largest absolute Gasteiger partial charge is 0.326 e. The molecule has 6 nitrogen and oxygen atoms in total. The first kappa shape index (κ1) is 22.0. The Hall–Kier alpha value is -2.67. The molecule has 160 valence electrons. The van der Waals surface area contributed by atoms with Gasteiger partial charge in [0.1, 0.15) is 0 Å². The van der Waals surface area contributed by atoms with Gasteiger partial charge in [-0.05, 0) is 43.2 Å². The smallest absolute Gasteiger partial charge is 0.246 e. The molecule has 0 atom stereocenters. The molecule has 7 heteroatoms. The van der Waals surface area contributed by atoms with Crippen molar-refractivity contribution in [3.63, 3.8) is 0 Å². The summed E-state index contributed by atoms with van der Waals surface area (Å²) in [6.07, 6.45) is 1.94. The third-order valence-electron chi connectivity index (χ3n) is 5.45. The molecule has 0 spiro atoms. The highest BCUT2D eigenvalue weighted by Gasteiger charge is 2.52. The zero-order valence-corrected chi connectivity index (χ0v) is 18.4. The average Bonchev–Trinajstić information content (AvgIpc) is 3.20. The molecular weight excluding hydrogens is 400 g/mol. The van der Waals surface area contributed by atoms with E-state index in [1.54, 1.807) is 42.5 Å². The Morgan fingerprint density at radius 1 is 0.867 bits per heavy atom. The van der Waals surface area contributed by atoms with Gasteiger partial charge >= 0.3 is 0 Å². The fourth-order valence-corrected chi connectivity index (χ4v) is 5.72. The van der Waals surface area contributed by atoms with Crippen LogP contribution in [0.1, 0.15) is 46.5 Å². The van der Waals surface area contributed by atoms with E-state index in [1.807, 2.05) is 20.8 Å². The van der Waals surface area contributed by atoms with Gasteiger partial charge in [0.25, 0.3) is 0 Å². The molecule has 0 unspecified atom stereocenters. The maximum absolute atomic E-state index is 13.4. The normalized spacial score (nSPS) is 16.1. The summed E-state index contributed by atoms with van der Waals surface area (Å²) in [5.41, 5.74) is 0.428. The van der Waals surface area contributed by atoms with Gasteiger partial charge < -0.3 is 10.6 Å². The van der Waals surface area contributed by atoms with Gasteiger partial charge in [-0.15, -0.1) is 0 Å². The lowest BCUT2D eigenvalue weighted by molar-refractivity contribution is -0.123. The number of amides is 2. The lowest BCUT2D eigenvalue weighted by Gasteiger charge is -2.27. The number of sulfone groups is 1. The Balaban J connectivity index is 1.87. The van der Waals surface area contributed by atoms with Gasteiger partial charge in [-0.1, -0.05) is 57.9 Å². The van der Waals surface area contributed by atoms with Crippen molar-refractivity contribution in [3.05, 3.63) is 54.6 Å². The van der Waals surface area contributed by atoms with Gasteiger partial charge in [-0.2, -0.15) is 0 Å². The molecule has 2 amide bonds. The van der Waals surface area contributed by atoms with E-state index in [4.69, 9.17) is 0 Å². The van der Waals surface area contributed by atoms with E-state index in [1.165, 1.54) is 12.1 Å². The van der Waals surface area contributed by atoms with Crippen LogP contribution in [-0.4, -0.2) is 25.0 Å². The maximum atomic E-state index is 13.4. The minimum absolute atomic E-state index is 0.148. The number of anilines is 2. The van der Waals surface area contributed by atoms with Crippen LogP contribution in [0.25, 0.3) is 0 Å². The van der Waals surface area contributed by atoms with Gasteiger partial charge in [0.15, 0.2) is 14.6 Å². The SMILES string of the molecule is CC(C)(C)C(=O)Nc1cccc(NC(=O)C2(S(=O)(=O)c3ccccc3)CCCC2)c1. The van der Waals surface area contributed by atoms with Gasteiger partial charge in [0.05, 0.1) is 4.90 Å². The second kappa shape index (κ2) is 8.22. The van der Waals surface area contributed by atoms with E-state index in [2.05, 4.69) is 10.6 Å². The predicted molar refractivity (Wildman–Crippen MR) is 118 cm³/mol. The van der Waals surface area contributed by atoms with E-state index < -0.39 is 25.9 Å². The van der Waals surface area contributed by atoms with Gasteiger partial charge in [0, 0.05) is 16.8 Å². The zero-order valence-electron chi connectivity index (χ0n) is 17.6. The topological polar surface area (TPSA) is 92.3 Å². The first-order valence-electron chi connectivity index (χ1n) is 10.1. The summed E-state index contributed by atoms with van der Waals surface area (Å²) in [5, 5.41) is 5.61. The minimum atomic E-state index is -3.85. The first-order valence-corrected chi connectivity index (χ1v) is 11.6. The second-order valence-corrected chi connectivity index (χ2v) is 11.0. The number of benzene rings is 2. The van der Waals surface area contributed by atoms with Gasteiger partial charge in [-0.25, -0.2) is 8.42 Å². The number of nitrogens with one attached hydrogen (secondary N) is 2. The Kier molecular flexibility index (Phi) is 6.04. The summed E-state index contributed by atoms with van der Waals surface area (Å²) in [6, 6.07) is 14.9. The minimum Gasteiger partial charge on any atom is -0.326 e. The molecule has 0 radical (unpaired) electrons. The number of hydrogen-bond donors (Lipinski definition) is 2. The fourth-order valence-electron chi connectivity index (χ4n) is 3.63. The molecule has 30 heavy (non-hydrogen) atoms. The monoisotopic (exact) mass is 428 g/mol. The Morgan fingerprint density at radius 3 is 2.00 bits per heavy atom. The fraction of sp³-hybridized carbons (Fsp3) is 0.391. The van der Waals surface area contributed by atoms with E-state index >= 15 is 0 Å². The van der Waals surface area contributed by atoms with Crippen LogP contribution in [0.5, 0.6) is 0 Å². The molecule has 0 heterocycles. The molecule has 1 fully saturated rings. The van der Waals surface area contributed by atoms with Crippen LogP contribution in [-0.2, 0) is 19.4 Å². The van der Waals surface area contributed by atoms with E-state index in [0.29, 0.717) is 24.2 Å². The van der Waals surface area contributed by atoms with Crippen molar-refractivity contribution in [3.8, 4) is 0 Å². The molecule has 0 saturated heterocycles. The molecule has 0 aromatic heterocycles. The number of hydrogen-bond acceptors (Lipinski definition) is 4. The van der Waals surface area contributed by atoms with Crippen LogP contribution in [0, 0.1) is 5.41 Å². The number of carbonyl (C=O) groups is 2. The molecular formula is C23H28N2O4S. The van der Waals surface area contributed by atoms with Crippen LogP contribution in [0.15, 0.2) is 59.5 Å². The van der Waals surface area contributed by atoms with Crippen molar-refractivity contribution in [1.29, 1.82) is 0 Å². The summed E-state index contributed by atoms with van der Waals surface area (Å²) >= 11 is 0. The van der Waals surface area contributed by atoms with Crippen molar-refractivity contribution in [1.82, 2.24) is 0 Å². The Bertz CT molecular complexity index is 1030. The third-order valence-corrected chi connectivity index (χ3v) is 7.97. The predicted octanol–water partition coefficient (Wildman–Crippen LogP) is 4.40. The molecule has 0 aliphatic heterocycles. The second-order valence-electron chi connectivity index (χ2n) is 8.76. The van der Waals surface area contributed by atoms with Gasteiger partial charge in [-0.3, -0.25) is 9.59 Å². The molecule has 1 aliphatic carbocycles. The zero-order chi connectivity index (χ0) is 22.0. The first-order chi connectivity index (χ1) is 14.1. The standard InChI is InChI=1S/C23H28N2O4S/c1-22(2,3)20(26)24-17-10-9-11-18(16-17)25-21(27)23(14-7-8-15-23)30(28,29)19-12-5-4-6-13-19/h4-6,9-13,16H,7-8,14-15H2,1-3H3,(H,24,26)(H,25,27). The summed E-state index contributed by atoms with van der Waals surface area (Å²) in [6.45, 7) is 5.44. The quantitative estimate of drug-likeness (QED) is 0.738. The Labute approximate surface area is 178 Å². The summed E-state index contributed by atoms with van der Waals surface area (Å²) < 4.78 is 25.3. The number of rotatable bonds is 5. The highest BCUT2D eigenvalue weighted by atomic mass is 32.2. The van der Waals surface area contributed by atoms with Crippen molar-refractivity contribution in [2.75, 3.05) is 10.6 Å². The lowest BCUT2D eigenvalue weighted by atomic mass is 9.95. The molecule has 1 aliphatic rings. The van der Waals surface area contributed by atoms with Crippen LogP contribution >= 0.6 is 0 Å². The molecule has 2 aromatic rings. The maximum Gasteiger partial charge on any atom is 0.246 e. The highest BCUT2D eigenvalue weighted by Crippen LogP contribution is 2.41. The van der Waals surface area contributed by atoms with Crippen molar-refractivity contribution < 1.29 is 18.0 Å². The van der Waals surface area contributed by atoms with Crippen LogP contribution in [0.3, 0.4) is 0 Å². The molecule has 3 rings (SSSR count).